The molecular weight excluding hydrogens is 360 g/mol. The minimum Gasteiger partial charge on any atom is -0.490 e. The van der Waals surface area contributed by atoms with Crippen molar-refractivity contribution in [3.63, 3.8) is 0 Å². The lowest BCUT2D eigenvalue weighted by molar-refractivity contribution is -0.385. The van der Waals surface area contributed by atoms with E-state index in [1.54, 1.807) is 19.1 Å². The molecule has 144 valence electrons. The van der Waals surface area contributed by atoms with Gasteiger partial charge in [-0.1, -0.05) is 25.1 Å². The number of hydrogen-bond acceptors (Lipinski definition) is 6. The molecule has 28 heavy (non-hydrogen) atoms. The van der Waals surface area contributed by atoms with Gasteiger partial charge in [0, 0.05) is 22.8 Å². The lowest BCUT2D eigenvalue weighted by Gasteiger charge is -2.14. The van der Waals surface area contributed by atoms with Crippen molar-refractivity contribution in [2.75, 3.05) is 0 Å². The molecular formula is C21H20N2O5. The first kappa shape index (κ1) is 19.3. The molecule has 0 amide bonds. The van der Waals surface area contributed by atoms with Gasteiger partial charge < -0.3 is 9.47 Å². The van der Waals surface area contributed by atoms with Gasteiger partial charge in [0.25, 0.3) is 5.69 Å². The van der Waals surface area contributed by atoms with Gasteiger partial charge in [-0.3, -0.25) is 10.1 Å². The molecule has 2 aromatic rings. The van der Waals surface area contributed by atoms with Crippen molar-refractivity contribution in [1.82, 2.24) is 0 Å². The molecule has 7 heteroatoms. The molecule has 0 spiro atoms. The van der Waals surface area contributed by atoms with Gasteiger partial charge in [-0.15, -0.1) is 0 Å². The molecule has 0 N–H and O–H groups in total. The van der Waals surface area contributed by atoms with Crippen LogP contribution in [0, 0.1) is 17.0 Å². The zero-order valence-electron chi connectivity index (χ0n) is 15.8. The number of cyclic esters (lactones) is 1. The van der Waals surface area contributed by atoms with E-state index in [0.717, 1.165) is 12.0 Å². The Morgan fingerprint density at radius 3 is 2.71 bits per heavy atom. The Morgan fingerprint density at radius 1 is 1.29 bits per heavy atom. The van der Waals surface area contributed by atoms with Crippen LogP contribution in [0.25, 0.3) is 6.08 Å². The van der Waals surface area contributed by atoms with Crippen molar-refractivity contribution in [3.8, 4) is 5.75 Å². The highest BCUT2D eigenvalue weighted by Gasteiger charge is 2.25. The predicted octanol–water partition coefficient (Wildman–Crippen LogP) is 4.43. The third-order valence-corrected chi connectivity index (χ3v) is 4.38. The van der Waals surface area contributed by atoms with E-state index in [1.807, 2.05) is 38.1 Å². The van der Waals surface area contributed by atoms with Crippen molar-refractivity contribution < 1.29 is 19.2 Å². The van der Waals surface area contributed by atoms with E-state index >= 15 is 0 Å². The molecule has 1 heterocycles. The van der Waals surface area contributed by atoms with Crippen molar-refractivity contribution in [2.24, 2.45) is 4.99 Å². The highest BCUT2D eigenvalue weighted by molar-refractivity contribution is 6.13. The number of hydrogen-bond donors (Lipinski definition) is 0. The number of benzene rings is 2. The second-order valence-corrected chi connectivity index (χ2v) is 6.47. The van der Waals surface area contributed by atoms with Crippen LogP contribution in [-0.4, -0.2) is 22.9 Å². The number of para-hydroxylation sites is 1. The van der Waals surface area contributed by atoms with E-state index in [-0.39, 0.29) is 23.4 Å². The third kappa shape index (κ3) is 4.09. The maximum absolute atomic E-state index is 12.3. The largest absolute Gasteiger partial charge is 0.490 e. The molecule has 1 aliphatic rings. The smallest absolute Gasteiger partial charge is 0.363 e. The lowest BCUT2D eigenvalue weighted by atomic mass is 10.1. The zero-order valence-corrected chi connectivity index (χ0v) is 15.8. The first-order valence-corrected chi connectivity index (χ1v) is 8.92. The maximum atomic E-state index is 12.3. The SMILES string of the molecule is CCC(C)Oc1ccccc1/C=C1\N=C(c2ccc([N+](=O)[O-])c(C)c2)OC1=O. The van der Waals surface area contributed by atoms with Gasteiger partial charge in [-0.25, -0.2) is 9.79 Å². The van der Waals surface area contributed by atoms with Crippen LogP contribution in [0.15, 0.2) is 53.2 Å². The van der Waals surface area contributed by atoms with E-state index in [9.17, 15) is 14.9 Å². The van der Waals surface area contributed by atoms with Crippen LogP contribution in [0.1, 0.15) is 37.0 Å². The van der Waals surface area contributed by atoms with Gasteiger partial charge in [0.2, 0.25) is 5.90 Å². The number of carbonyl (C=O) groups is 1. The Morgan fingerprint density at radius 2 is 2.04 bits per heavy atom. The minimum atomic E-state index is -0.579. The molecule has 1 unspecified atom stereocenters. The van der Waals surface area contributed by atoms with Crippen LogP contribution >= 0.6 is 0 Å². The number of rotatable bonds is 6. The van der Waals surface area contributed by atoms with Gasteiger partial charge >= 0.3 is 5.97 Å². The highest BCUT2D eigenvalue weighted by atomic mass is 16.6. The summed E-state index contributed by atoms with van der Waals surface area (Å²) in [6, 6.07) is 11.8. The van der Waals surface area contributed by atoms with Crippen molar-refractivity contribution in [3.05, 3.63) is 75.0 Å². The van der Waals surface area contributed by atoms with E-state index in [2.05, 4.69) is 4.99 Å². The number of nitrogens with zero attached hydrogens (tertiary/aromatic N) is 2. The van der Waals surface area contributed by atoms with E-state index < -0.39 is 10.9 Å². The molecule has 7 nitrogen and oxygen atoms in total. The van der Waals surface area contributed by atoms with Crippen molar-refractivity contribution >= 4 is 23.6 Å². The van der Waals surface area contributed by atoms with E-state index in [1.165, 1.54) is 12.1 Å². The zero-order chi connectivity index (χ0) is 20.3. The van der Waals surface area contributed by atoms with Crippen LogP contribution in [0.5, 0.6) is 5.75 Å². The molecule has 0 aliphatic carbocycles. The Bertz CT molecular complexity index is 994. The molecule has 0 fully saturated rings. The molecule has 0 aromatic heterocycles. The Kier molecular flexibility index (Phi) is 5.54. The molecule has 0 saturated carbocycles. The standard InChI is InChI=1S/C21H20N2O5/c1-4-14(3)27-19-8-6-5-7-15(19)12-17-21(24)28-20(22-17)16-9-10-18(23(25)26)13(2)11-16/h5-12,14H,4H2,1-3H3/b17-12-. The summed E-state index contributed by atoms with van der Waals surface area (Å²) in [7, 11) is 0. The summed E-state index contributed by atoms with van der Waals surface area (Å²) in [6.45, 7) is 5.63. The van der Waals surface area contributed by atoms with Gasteiger partial charge in [-0.2, -0.15) is 0 Å². The quantitative estimate of drug-likeness (QED) is 0.320. The number of aryl methyl sites for hydroxylation is 1. The fourth-order valence-corrected chi connectivity index (χ4v) is 2.68. The van der Waals surface area contributed by atoms with Gasteiger partial charge in [-0.05, 0) is 44.5 Å². The average molecular weight is 380 g/mol. The average Bonchev–Trinajstić information content (AvgIpc) is 3.03. The fraction of sp³-hybridized carbons (Fsp3) is 0.238. The Balaban J connectivity index is 1.93. The van der Waals surface area contributed by atoms with Gasteiger partial charge in [0.1, 0.15) is 5.75 Å². The topological polar surface area (TPSA) is 91.0 Å². The van der Waals surface area contributed by atoms with Gasteiger partial charge in [0.05, 0.1) is 11.0 Å². The summed E-state index contributed by atoms with van der Waals surface area (Å²) < 4.78 is 11.2. The molecule has 3 rings (SSSR count). The summed E-state index contributed by atoms with van der Waals surface area (Å²) in [4.78, 5) is 27.0. The second kappa shape index (κ2) is 8.04. The number of nitro benzene ring substituents is 1. The van der Waals surface area contributed by atoms with Crippen molar-refractivity contribution in [1.29, 1.82) is 0 Å². The maximum Gasteiger partial charge on any atom is 0.363 e. The third-order valence-electron chi connectivity index (χ3n) is 4.38. The molecule has 0 bridgehead atoms. The number of carbonyl (C=O) groups excluding carboxylic acids is 1. The summed E-state index contributed by atoms with van der Waals surface area (Å²) in [5, 5.41) is 11.0. The molecule has 1 aliphatic heterocycles. The van der Waals surface area contributed by atoms with Gasteiger partial charge in [0.15, 0.2) is 5.70 Å². The van der Waals surface area contributed by atoms with Crippen LogP contribution in [0.4, 0.5) is 5.69 Å². The summed E-state index contributed by atoms with van der Waals surface area (Å²) in [5.74, 6) is 0.200. The summed E-state index contributed by atoms with van der Waals surface area (Å²) >= 11 is 0. The molecule has 2 aromatic carbocycles. The number of aliphatic imine (C=N–C) groups is 1. The molecule has 1 atom stereocenters. The first-order chi connectivity index (χ1) is 13.4. The van der Waals surface area contributed by atoms with Crippen LogP contribution in [-0.2, 0) is 9.53 Å². The van der Waals surface area contributed by atoms with E-state index in [4.69, 9.17) is 9.47 Å². The van der Waals surface area contributed by atoms with E-state index in [0.29, 0.717) is 16.9 Å². The second-order valence-electron chi connectivity index (χ2n) is 6.47. The minimum absolute atomic E-state index is 0.000518. The van der Waals surface area contributed by atoms with Crippen LogP contribution < -0.4 is 4.74 Å². The number of esters is 1. The Labute approximate surface area is 162 Å². The monoisotopic (exact) mass is 380 g/mol. The predicted molar refractivity (Wildman–Crippen MR) is 105 cm³/mol. The normalized spacial score (nSPS) is 15.9. The molecule has 0 radical (unpaired) electrons. The lowest BCUT2D eigenvalue weighted by Crippen LogP contribution is -2.10. The number of nitro groups is 1. The number of ether oxygens (including phenoxy) is 2. The summed E-state index contributed by atoms with van der Waals surface area (Å²) in [5.41, 5.74) is 1.83. The Hall–Kier alpha value is -3.48. The van der Waals surface area contributed by atoms with Crippen molar-refractivity contribution in [2.45, 2.75) is 33.3 Å². The summed E-state index contributed by atoms with van der Waals surface area (Å²) in [6.07, 6.45) is 2.51. The first-order valence-electron chi connectivity index (χ1n) is 8.92. The van der Waals surface area contributed by atoms with Crippen LogP contribution in [0.3, 0.4) is 0 Å². The fourth-order valence-electron chi connectivity index (χ4n) is 2.68. The highest BCUT2D eigenvalue weighted by Crippen LogP contribution is 2.27. The van der Waals surface area contributed by atoms with Crippen LogP contribution in [0.2, 0.25) is 0 Å². The molecule has 0 saturated heterocycles.